The third kappa shape index (κ3) is 3.29. The average Bonchev–Trinajstić information content (AvgIpc) is 2.55. The Morgan fingerprint density at radius 1 is 0.577 bits per heavy atom. The van der Waals surface area contributed by atoms with Gasteiger partial charge in [-0.25, -0.2) is 9.97 Å². The zero-order valence-corrected chi connectivity index (χ0v) is 14.0. The summed E-state index contributed by atoms with van der Waals surface area (Å²) >= 11 is 0. The number of hydrogen-bond donors (Lipinski definition) is 6. The Kier molecular flexibility index (Phi) is 4.24. The maximum absolute atomic E-state index is 5.76. The molecule has 4 rings (SSSR count). The van der Waals surface area contributed by atoms with Crippen molar-refractivity contribution >= 4 is 56.2 Å². The number of aromatic nitrogens is 2. The lowest BCUT2D eigenvalue weighted by Crippen LogP contribution is -1.97. The standard InChI is InChI=1S/2C9H10N4/c10-5-1-2-8-6(3-5)7(11)4-9(12)13-8;10-5-2-1-3-7-9(5)6(11)4-8(12)13-7/h2*1-4H,10H2,(H4,11,12,13). The van der Waals surface area contributed by atoms with Crippen molar-refractivity contribution in [2.45, 2.75) is 0 Å². The summed E-state index contributed by atoms with van der Waals surface area (Å²) < 4.78 is 0. The first-order chi connectivity index (χ1) is 12.3. The molecule has 0 unspecified atom stereocenters. The second-order valence-electron chi connectivity index (χ2n) is 5.79. The molecule has 8 heteroatoms. The molecular weight excluding hydrogens is 328 g/mol. The maximum Gasteiger partial charge on any atom is 0.126 e. The minimum Gasteiger partial charge on any atom is -0.399 e. The zero-order chi connectivity index (χ0) is 18.8. The van der Waals surface area contributed by atoms with Crippen LogP contribution in [-0.4, -0.2) is 9.97 Å². The monoisotopic (exact) mass is 348 g/mol. The fourth-order valence-corrected chi connectivity index (χ4v) is 2.66. The first-order valence-electron chi connectivity index (χ1n) is 7.76. The van der Waals surface area contributed by atoms with Gasteiger partial charge in [-0.1, -0.05) is 6.07 Å². The van der Waals surface area contributed by atoms with E-state index in [0.29, 0.717) is 34.4 Å². The van der Waals surface area contributed by atoms with Crippen molar-refractivity contribution in [3.8, 4) is 0 Å². The second kappa shape index (κ2) is 6.52. The SMILES string of the molecule is Nc1cc(N)c2c(N)cccc2n1.Nc1ccc2nc(N)cc(N)c2c1. The summed E-state index contributed by atoms with van der Waals surface area (Å²) in [6, 6.07) is 14.0. The van der Waals surface area contributed by atoms with E-state index in [1.807, 2.05) is 12.1 Å². The van der Waals surface area contributed by atoms with Crippen molar-refractivity contribution < 1.29 is 0 Å². The highest BCUT2D eigenvalue weighted by molar-refractivity contribution is 6.00. The molecule has 12 N–H and O–H groups in total. The third-order valence-electron chi connectivity index (χ3n) is 3.80. The molecule has 2 aromatic carbocycles. The highest BCUT2D eigenvalue weighted by atomic mass is 14.8. The van der Waals surface area contributed by atoms with E-state index in [9.17, 15) is 0 Å². The lowest BCUT2D eigenvalue weighted by Gasteiger charge is -2.05. The Balaban J connectivity index is 0.000000151. The minimum atomic E-state index is 0.413. The van der Waals surface area contributed by atoms with E-state index >= 15 is 0 Å². The number of fused-ring (bicyclic) bond motifs is 2. The molecule has 0 saturated carbocycles. The third-order valence-corrected chi connectivity index (χ3v) is 3.80. The van der Waals surface area contributed by atoms with Gasteiger partial charge in [-0.05, 0) is 30.3 Å². The van der Waals surface area contributed by atoms with Crippen LogP contribution >= 0.6 is 0 Å². The topological polar surface area (TPSA) is 182 Å². The molecule has 2 aromatic heterocycles. The van der Waals surface area contributed by atoms with E-state index in [4.69, 9.17) is 34.4 Å². The van der Waals surface area contributed by atoms with Crippen LogP contribution in [0.3, 0.4) is 0 Å². The molecule has 0 fully saturated rings. The summed E-state index contributed by atoms with van der Waals surface area (Å²) in [5, 5.41) is 1.62. The normalized spacial score (nSPS) is 10.5. The van der Waals surface area contributed by atoms with Gasteiger partial charge in [-0.2, -0.15) is 0 Å². The van der Waals surface area contributed by atoms with Crippen molar-refractivity contribution in [1.82, 2.24) is 9.97 Å². The molecule has 0 atom stereocenters. The van der Waals surface area contributed by atoms with Crippen molar-refractivity contribution in [2.24, 2.45) is 0 Å². The van der Waals surface area contributed by atoms with E-state index in [2.05, 4.69) is 9.97 Å². The number of benzene rings is 2. The van der Waals surface area contributed by atoms with Gasteiger partial charge in [0.15, 0.2) is 0 Å². The van der Waals surface area contributed by atoms with E-state index in [-0.39, 0.29) is 0 Å². The van der Waals surface area contributed by atoms with Crippen molar-refractivity contribution in [3.63, 3.8) is 0 Å². The second-order valence-corrected chi connectivity index (χ2v) is 5.79. The molecule has 2 heterocycles. The molecule has 0 amide bonds. The van der Waals surface area contributed by atoms with Crippen molar-refractivity contribution in [1.29, 1.82) is 0 Å². The summed E-state index contributed by atoms with van der Waals surface area (Å²) in [5.74, 6) is 0.838. The van der Waals surface area contributed by atoms with Crippen LogP contribution in [0.25, 0.3) is 21.8 Å². The molecular formula is C18H20N8. The van der Waals surface area contributed by atoms with Gasteiger partial charge in [0.1, 0.15) is 11.6 Å². The first kappa shape index (κ1) is 16.9. The summed E-state index contributed by atoms with van der Waals surface area (Å²) in [6.07, 6.45) is 0. The summed E-state index contributed by atoms with van der Waals surface area (Å²) in [7, 11) is 0. The van der Waals surface area contributed by atoms with Crippen LogP contribution in [-0.2, 0) is 0 Å². The molecule has 4 aromatic rings. The molecule has 0 bridgehead atoms. The Bertz CT molecular complexity index is 1110. The van der Waals surface area contributed by atoms with Crippen LogP contribution in [0.1, 0.15) is 0 Å². The van der Waals surface area contributed by atoms with Gasteiger partial charge in [-0.15, -0.1) is 0 Å². The number of rotatable bonds is 0. The van der Waals surface area contributed by atoms with Crippen LogP contribution in [0.15, 0.2) is 48.5 Å². The van der Waals surface area contributed by atoms with Gasteiger partial charge >= 0.3 is 0 Å². The van der Waals surface area contributed by atoms with Gasteiger partial charge < -0.3 is 34.4 Å². The number of pyridine rings is 2. The van der Waals surface area contributed by atoms with E-state index in [0.717, 1.165) is 21.8 Å². The van der Waals surface area contributed by atoms with Gasteiger partial charge in [0.25, 0.3) is 0 Å². The molecule has 0 saturated heterocycles. The summed E-state index contributed by atoms with van der Waals surface area (Å²) in [5.41, 5.74) is 37.9. The highest BCUT2D eigenvalue weighted by Crippen LogP contribution is 2.26. The zero-order valence-electron chi connectivity index (χ0n) is 14.0. The highest BCUT2D eigenvalue weighted by Gasteiger charge is 2.03. The smallest absolute Gasteiger partial charge is 0.126 e. The number of anilines is 6. The van der Waals surface area contributed by atoms with Gasteiger partial charge in [0.05, 0.1) is 11.0 Å². The number of nitrogens with two attached hydrogens (primary N) is 6. The van der Waals surface area contributed by atoms with Crippen molar-refractivity contribution in [2.75, 3.05) is 34.4 Å². The average molecular weight is 348 g/mol. The molecule has 26 heavy (non-hydrogen) atoms. The molecule has 0 aliphatic heterocycles. The van der Waals surface area contributed by atoms with Crippen molar-refractivity contribution in [3.05, 3.63) is 48.5 Å². The van der Waals surface area contributed by atoms with E-state index < -0.39 is 0 Å². The Labute approximate surface area is 149 Å². The van der Waals surface area contributed by atoms with Gasteiger partial charge in [0.2, 0.25) is 0 Å². The summed E-state index contributed by atoms with van der Waals surface area (Å²) in [4.78, 5) is 8.23. The Morgan fingerprint density at radius 2 is 1.23 bits per heavy atom. The quantitative estimate of drug-likeness (QED) is 0.260. The van der Waals surface area contributed by atoms with Crippen LogP contribution in [0.5, 0.6) is 0 Å². The Hall–Kier alpha value is -3.94. The number of nitrogen functional groups attached to an aromatic ring is 6. The molecule has 0 aliphatic rings. The van der Waals surface area contributed by atoms with Gasteiger partial charge in [0, 0.05) is 45.7 Å². The molecule has 0 aliphatic carbocycles. The van der Waals surface area contributed by atoms with Crippen LogP contribution in [0.2, 0.25) is 0 Å². The van der Waals surface area contributed by atoms with Gasteiger partial charge in [-0.3, -0.25) is 0 Å². The van der Waals surface area contributed by atoms with Crippen LogP contribution in [0, 0.1) is 0 Å². The lowest BCUT2D eigenvalue weighted by molar-refractivity contribution is 1.42. The maximum atomic E-state index is 5.76. The molecule has 8 nitrogen and oxygen atoms in total. The fraction of sp³-hybridized carbons (Fsp3) is 0. The Morgan fingerprint density at radius 3 is 1.96 bits per heavy atom. The number of hydrogen-bond acceptors (Lipinski definition) is 8. The van der Waals surface area contributed by atoms with Crippen LogP contribution in [0.4, 0.5) is 34.4 Å². The predicted molar refractivity (Wildman–Crippen MR) is 110 cm³/mol. The lowest BCUT2D eigenvalue weighted by atomic mass is 10.1. The first-order valence-corrected chi connectivity index (χ1v) is 7.76. The largest absolute Gasteiger partial charge is 0.399 e. The molecule has 0 radical (unpaired) electrons. The number of nitrogens with zero attached hydrogens (tertiary/aromatic N) is 2. The van der Waals surface area contributed by atoms with E-state index in [1.54, 1.807) is 36.4 Å². The minimum absolute atomic E-state index is 0.413. The molecule has 0 spiro atoms. The predicted octanol–water partition coefficient (Wildman–Crippen LogP) is 1.96. The van der Waals surface area contributed by atoms with Crippen LogP contribution < -0.4 is 34.4 Å². The fourth-order valence-electron chi connectivity index (χ4n) is 2.66. The summed E-state index contributed by atoms with van der Waals surface area (Å²) in [6.45, 7) is 0. The molecule has 132 valence electrons. The van der Waals surface area contributed by atoms with E-state index in [1.165, 1.54) is 0 Å².